The summed E-state index contributed by atoms with van der Waals surface area (Å²) in [5, 5.41) is 2.78. The van der Waals surface area contributed by atoms with E-state index in [9.17, 15) is 14.4 Å². The number of halogens is 1. The maximum absolute atomic E-state index is 13.0. The van der Waals surface area contributed by atoms with Crippen molar-refractivity contribution in [2.75, 3.05) is 7.11 Å². The number of benzene rings is 2. The van der Waals surface area contributed by atoms with Gasteiger partial charge in [0, 0.05) is 10.0 Å². The molecule has 26 heavy (non-hydrogen) atoms. The Hall–Kier alpha value is -2.67. The fourth-order valence-electron chi connectivity index (χ4n) is 2.94. The molecule has 1 aliphatic heterocycles. The molecular formula is C19H17BrN2O4. The number of hydrogen-bond donors (Lipinski definition) is 1. The molecule has 1 heterocycles. The van der Waals surface area contributed by atoms with Crippen LogP contribution in [0.2, 0.25) is 0 Å². The zero-order valence-corrected chi connectivity index (χ0v) is 15.9. The van der Waals surface area contributed by atoms with Crippen molar-refractivity contribution < 1.29 is 19.1 Å². The minimum atomic E-state index is -1.14. The molecule has 2 aromatic rings. The first-order valence-corrected chi connectivity index (χ1v) is 8.72. The normalized spacial score (nSPS) is 19.4. The lowest BCUT2D eigenvalue weighted by atomic mass is 9.92. The molecule has 2 aromatic carbocycles. The number of nitrogens with zero attached hydrogens (tertiary/aromatic N) is 1. The highest BCUT2D eigenvalue weighted by Gasteiger charge is 2.49. The molecule has 1 aliphatic rings. The highest BCUT2D eigenvalue weighted by atomic mass is 79.9. The fourth-order valence-corrected chi connectivity index (χ4v) is 3.62. The minimum Gasteiger partial charge on any atom is -0.465 e. The summed E-state index contributed by atoms with van der Waals surface area (Å²) in [6.07, 6.45) is 0. The van der Waals surface area contributed by atoms with Crippen LogP contribution in [0.15, 0.2) is 53.0 Å². The number of ether oxygens (including phenoxy) is 1. The van der Waals surface area contributed by atoms with E-state index in [1.807, 2.05) is 18.2 Å². The summed E-state index contributed by atoms with van der Waals surface area (Å²) >= 11 is 3.44. The van der Waals surface area contributed by atoms with Gasteiger partial charge in [-0.25, -0.2) is 9.59 Å². The number of methoxy groups -OCH3 is 1. The van der Waals surface area contributed by atoms with Crippen molar-refractivity contribution in [3.05, 3.63) is 69.7 Å². The lowest BCUT2D eigenvalue weighted by Crippen LogP contribution is -2.41. The Balaban J connectivity index is 1.84. The standard InChI is InChI=1S/C19H17BrN2O4/c1-19(14-5-3-4-6-15(14)20)17(24)22(18(25)21-19)11-12-7-9-13(10-8-12)16(23)26-2/h3-10H,11H2,1-2H3,(H,21,25). The quantitative estimate of drug-likeness (QED) is 0.613. The zero-order valence-electron chi connectivity index (χ0n) is 14.3. The molecule has 6 nitrogen and oxygen atoms in total. The minimum absolute atomic E-state index is 0.117. The molecule has 3 amide bonds. The van der Waals surface area contributed by atoms with Gasteiger partial charge >= 0.3 is 12.0 Å². The first-order chi connectivity index (χ1) is 12.4. The third kappa shape index (κ3) is 3.10. The van der Waals surface area contributed by atoms with Crippen LogP contribution in [0.5, 0.6) is 0 Å². The number of urea groups is 1. The first-order valence-electron chi connectivity index (χ1n) is 7.93. The number of amides is 3. The van der Waals surface area contributed by atoms with Crippen molar-refractivity contribution in [1.82, 2.24) is 10.2 Å². The van der Waals surface area contributed by atoms with Crippen LogP contribution in [0, 0.1) is 0 Å². The zero-order chi connectivity index (χ0) is 18.9. The lowest BCUT2D eigenvalue weighted by Gasteiger charge is -2.23. The van der Waals surface area contributed by atoms with Crippen LogP contribution in [-0.2, 0) is 21.6 Å². The number of carbonyl (C=O) groups is 3. The maximum Gasteiger partial charge on any atom is 0.337 e. The Morgan fingerprint density at radius 1 is 1.15 bits per heavy atom. The van der Waals surface area contributed by atoms with E-state index in [-0.39, 0.29) is 12.5 Å². The molecule has 134 valence electrons. The van der Waals surface area contributed by atoms with Gasteiger partial charge in [-0.3, -0.25) is 9.69 Å². The predicted molar refractivity (Wildman–Crippen MR) is 98.4 cm³/mol. The monoisotopic (exact) mass is 416 g/mol. The summed E-state index contributed by atoms with van der Waals surface area (Å²) in [7, 11) is 1.31. The SMILES string of the molecule is COC(=O)c1ccc(CN2C(=O)NC(C)(c3ccccc3Br)C2=O)cc1. The van der Waals surface area contributed by atoms with Crippen molar-refractivity contribution in [1.29, 1.82) is 0 Å². The molecule has 1 unspecified atom stereocenters. The van der Waals surface area contributed by atoms with Gasteiger partial charge in [-0.05, 0) is 30.7 Å². The van der Waals surface area contributed by atoms with Crippen LogP contribution in [0.4, 0.5) is 4.79 Å². The summed E-state index contributed by atoms with van der Waals surface area (Å²) in [5.41, 5.74) is 0.703. The molecule has 3 rings (SSSR count). The Morgan fingerprint density at radius 2 is 1.81 bits per heavy atom. The molecule has 0 saturated carbocycles. The molecule has 1 fully saturated rings. The van der Waals surface area contributed by atoms with E-state index >= 15 is 0 Å². The van der Waals surface area contributed by atoms with Gasteiger partial charge in [0.1, 0.15) is 5.54 Å². The Bertz CT molecular complexity index is 881. The molecule has 0 aliphatic carbocycles. The van der Waals surface area contributed by atoms with Crippen molar-refractivity contribution in [3.63, 3.8) is 0 Å². The summed E-state index contributed by atoms with van der Waals surface area (Å²) in [4.78, 5) is 38.0. The van der Waals surface area contributed by atoms with E-state index in [0.717, 1.165) is 10.0 Å². The molecule has 0 spiro atoms. The van der Waals surface area contributed by atoms with E-state index in [2.05, 4.69) is 26.0 Å². The van der Waals surface area contributed by atoms with E-state index < -0.39 is 17.5 Å². The van der Waals surface area contributed by atoms with E-state index in [1.165, 1.54) is 12.0 Å². The van der Waals surface area contributed by atoms with E-state index in [0.29, 0.717) is 11.1 Å². The topological polar surface area (TPSA) is 75.7 Å². The fraction of sp³-hybridized carbons (Fsp3) is 0.211. The molecule has 7 heteroatoms. The van der Waals surface area contributed by atoms with E-state index in [1.54, 1.807) is 37.3 Å². The lowest BCUT2D eigenvalue weighted by molar-refractivity contribution is -0.131. The number of carbonyl (C=O) groups excluding carboxylic acids is 3. The molecule has 1 N–H and O–H groups in total. The third-order valence-corrected chi connectivity index (χ3v) is 5.09. The van der Waals surface area contributed by atoms with Gasteiger partial charge in [0.05, 0.1) is 19.2 Å². The van der Waals surface area contributed by atoms with Crippen LogP contribution in [0.25, 0.3) is 0 Å². The van der Waals surface area contributed by atoms with Crippen LogP contribution in [0.1, 0.15) is 28.4 Å². The number of hydrogen-bond acceptors (Lipinski definition) is 4. The molecular weight excluding hydrogens is 400 g/mol. The summed E-state index contributed by atoms with van der Waals surface area (Å²) in [6, 6.07) is 13.4. The molecule has 1 saturated heterocycles. The smallest absolute Gasteiger partial charge is 0.337 e. The van der Waals surface area contributed by atoms with Crippen LogP contribution >= 0.6 is 15.9 Å². The number of nitrogens with one attached hydrogen (secondary N) is 1. The second-order valence-corrected chi connectivity index (χ2v) is 6.97. The molecule has 0 radical (unpaired) electrons. The molecule has 0 aromatic heterocycles. The average molecular weight is 417 g/mol. The highest BCUT2D eigenvalue weighted by molar-refractivity contribution is 9.10. The van der Waals surface area contributed by atoms with Crippen LogP contribution < -0.4 is 5.32 Å². The summed E-state index contributed by atoms with van der Waals surface area (Å²) in [6.45, 7) is 1.81. The predicted octanol–water partition coefficient (Wildman–Crippen LogP) is 3.20. The highest BCUT2D eigenvalue weighted by Crippen LogP contribution is 2.34. The van der Waals surface area contributed by atoms with Gasteiger partial charge in [0.25, 0.3) is 5.91 Å². The second-order valence-electron chi connectivity index (χ2n) is 6.11. The van der Waals surface area contributed by atoms with Gasteiger partial charge in [-0.15, -0.1) is 0 Å². The van der Waals surface area contributed by atoms with Crippen molar-refractivity contribution in [3.8, 4) is 0 Å². The maximum atomic E-state index is 13.0. The average Bonchev–Trinajstić information content (AvgIpc) is 2.86. The van der Waals surface area contributed by atoms with Crippen LogP contribution in [-0.4, -0.2) is 29.9 Å². The molecule has 1 atom stereocenters. The Morgan fingerprint density at radius 3 is 2.42 bits per heavy atom. The van der Waals surface area contributed by atoms with Crippen molar-refractivity contribution >= 4 is 33.8 Å². The Kier molecular flexibility index (Phi) is 4.82. The summed E-state index contributed by atoms with van der Waals surface area (Å²) < 4.78 is 5.41. The Labute approximate surface area is 159 Å². The van der Waals surface area contributed by atoms with Crippen molar-refractivity contribution in [2.24, 2.45) is 0 Å². The van der Waals surface area contributed by atoms with E-state index in [4.69, 9.17) is 0 Å². The van der Waals surface area contributed by atoms with Gasteiger partial charge in [0.2, 0.25) is 0 Å². The van der Waals surface area contributed by atoms with Gasteiger partial charge in [-0.1, -0.05) is 46.3 Å². The summed E-state index contributed by atoms with van der Waals surface area (Å²) in [5.74, 6) is -0.764. The van der Waals surface area contributed by atoms with Crippen LogP contribution in [0.3, 0.4) is 0 Å². The molecule has 0 bridgehead atoms. The van der Waals surface area contributed by atoms with Gasteiger partial charge in [0.15, 0.2) is 0 Å². The number of esters is 1. The van der Waals surface area contributed by atoms with Gasteiger partial charge in [-0.2, -0.15) is 0 Å². The van der Waals surface area contributed by atoms with Gasteiger partial charge < -0.3 is 10.1 Å². The third-order valence-electron chi connectivity index (χ3n) is 4.40. The number of imide groups is 1. The largest absolute Gasteiger partial charge is 0.465 e. The number of rotatable bonds is 4. The second kappa shape index (κ2) is 6.92. The van der Waals surface area contributed by atoms with Crippen molar-refractivity contribution in [2.45, 2.75) is 19.0 Å². The first kappa shape index (κ1) is 18.1.